The van der Waals surface area contributed by atoms with E-state index in [0.29, 0.717) is 19.0 Å². The molecule has 1 aliphatic heterocycles. The van der Waals surface area contributed by atoms with Gasteiger partial charge in [0.2, 0.25) is 0 Å². The summed E-state index contributed by atoms with van der Waals surface area (Å²) < 4.78 is 53.7. The van der Waals surface area contributed by atoms with Crippen LogP contribution in [0.5, 0.6) is 5.75 Å². The second-order valence-corrected chi connectivity index (χ2v) is 4.21. The molecule has 0 spiro atoms. The molecular formula is C13H15F3O3. The van der Waals surface area contributed by atoms with Crippen LogP contribution in [0.25, 0.3) is 0 Å². The van der Waals surface area contributed by atoms with E-state index >= 15 is 0 Å². The molecule has 0 aliphatic carbocycles. The Bertz CT molecular complexity index is 399. The minimum atomic E-state index is -4.44. The molecule has 0 amide bonds. The zero-order chi connectivity index (χ0) is 13.9. The first kappa shape index (κ1) is 14.1. The van der Waals surface area contributed by atoms with Gasteiger partial charge in [-0.2, -0.15) is 13.2 Å². The van der Waals surface area contributed by atoms with E-state index in [1.807, 2.05) is 6.92 Å². The molecule has 1 saturated heterocycles. The average Bonchev–Trinajstić information content (AvgIpc) is 3.14. The van der Waals surface area contributed by atoms with Gasteiger partial charge in [-0.3, -0.25) is 0 Å². The average molecular weight is 276 g/mol. The highest BCUT2D eigenvalue weighted by Crippen LogP contribution is 2.37. The molecule has 0 N–H and O–H groups in total. The quantitative estimate of drug-likeness (QED) is 0.748. The summed E-state index contributed by atoms with van der Waals surface area (Å²) in [5.41, 5.74) is 0.0663. The molecule has 0 saturated carbocycles. The Kier molecular flexibility index (Phi) is 4.31. The van der Waals surface area contributed by atoms with Crippen molar-refractivity contribution >= 4 is 0 Å². The van der Waals surface area contributed by atoms with Crippen molar-refractivity contribution in [3.63, 3.8) is 0 Å². The van der Waals surface area contributed by atoms with Gasteiger partial charge in [-0.05, 0) is 24.6 Å². The minimum absolute atomic E-state index is 0.0443. The Balaban J connectivity index is 2.07. The normalized spacial score (nSPS) is 20.1. The zero-order valence-electron chi connectivity index (χ0n) is 10.4. The molecule has 0 radical (unpaired) electrons. The summed E-state index contributed by atoms with van der Waals surface area (Å²) in [5, 5.41) is 0. The largest absolute Gasteiger partial charge is 0.494 e. The molecule has 1 aromatic carbocycles. The van der Waals surface area contributed by atoms with Crippen molar-refractivity contribution in [2.24, 2.45) is 0 Å². The van der Waals surface area contributed by atoms with E-state index in [2.05, 4.69) is 0 Å². The summed E-state index contributed by atoms with van der Waals surface area (Å²) in [6.45, 7) is 2.70. The van der Waals surface area contributed by atoms with Gasteiger partial charge in [-0.25, -0.2) is 0 Å². The Morgan fingerprint density at radius 3 is 2.42 bits per heavy atom. The molecule has 2 rings (SSSR count). The van der Waals surface area contributed by atoms with E-state index in [0.717, 1.165) is 0 Å². The van der Waals surface area contributed by atoms with Crippen LogP contribution in [-0.2, 0) is 9.47 Å². The third kappa shape index (κ3) is 4.11. The number of alkyl halides is 3. The van der Waals surface area contributed by atoms with E-state index in [9.17, 15) is 13.2 Å². The topological polar surface area (TPSA) is 31.0 Å². The van der Waals surface area contributed by atoms with Crippen LogP contribution < -0.4 is 4.74 Å². The molecular weight excluding hydrogens is 261 g/mol. The van der Waals surface area contributed by atoms with Crippen molar-refractivity contribution in [2.45, 2.75) is 25.3 Å². The predicted molar refractivity (Wildman–Crippen MR) is 62.1 cm³/mol. The van der Waals surface area contributed by atoms with Gasteiger partial charge in [0.05, 0.1) is 19.8 Å². The highest BCUT2D eigenvalue weighted by molar-refractivity contribution is 5.29. The smallest absolute Gasteiger partial charge is 0.418 e. The maximum atomic E-state index is 12.9. The lowest BCUT2D eigenvalue weighted by Crippen LogP contribution is -2.25. The molecule has 0 bridgehead atoms. The van der Waals surface area contributed by atoms with E-state index in [1.54, 1.807) is 0 Å². The van der Waals surface area contributed by atoms with Gasteiger partial charge >= 0.3 is 6.18 Å². The predicted octanol–water partition coefficient (Wildman–Crippen LogP) is 3.10. The van der Waals surface area contributed by atoms with Crippen LogP contribution in [0.2, 0.25) is 0 Å². The summed E-state index contributed by atoms with van der Waals surface area (Å²) in [6, 6.07) is 5.76. The maximum Gasteiger partial charge on any atom is 0.418 e. The fraction of sp³-hybridized carbons (Fsp3) is 0.538. The van der Waals surface area contributed by atoms with Gasteiger partial charge in [0.15, 0.2) is 6.10 Å². The zero-order valence-corrected chi connectivity index (χ0v) is 10.4. The number of halogens is 3. The first-order valence-corrected chi connectivity index (χ1v) is 6.03. The van der Waals surface area contributed by atoms with Gasteiger partial charge in [-0.1, -0.05) is 12.1 Å². The SMILES string of the molecule is CCOc1ccc([C@@H](OC[C@H]2CO2)C(F)(F)F)cc1. The molecule has 106 valence electrons. The molecule has 2 atom stereocenters. The van der Waals surface area contributed by atoms with Crippen molar-refractivity contribution in [3.05, 3.63) is 29.8 Å². The summed E-state index contributed by atoms with van der Waals surface area (Å²) in [5.74, 6) is 0.540. The Labute approximate surface area is 109 Å². The lowest BCUT2D eigenvalue weighted by Gasteiger charge is -2.21. The third-order valence-electron chi connectivity index (χ3n) is 2.64. The summed E-state index contributed by atoms with van der Waals surface area (Å²) in [6.07, 6.45) is -6.57. The van der Waals surface area contributed by atoms with Crippen LogP contribution in [0, 0.1) is 0 Å². The second kappa shape index (κ2) is 5.79. The number of benzene rings is 1. The number of rotatable bonds is 6. The molecule has 1 aromatic rings. The Morgan fingerprint density at radius 2 is 1.95 bits per heavy atom. The van der Waals surface area contributed by atoms with Crippen molar-refractivity contribution in [1.82, 2.24) is 0 Å². The lowest BCUT2D eigenvalue weighted by atomic mass is 10.1. The highest BCUT2D eigenvalue weighted by Gasteiger charge is 2.43. The number of ether oxygens (including phenoxy) is 3. The van der Waals surface area contributed by atoms with E-state index in [-0.39, 0.29) is 18.3 Å². The van der Waals surface area contributed by atoms with Crippen molar-refractivity contribution in [2.75, 3.05) is 19.8 Å². The lowest BCUT2D eigenvalue weighted by molar-refractivity contribution is -0.224. The summed E-state index contributed by atoms with van der Waals surface area (Å²) in [7, 11) is 0. The van der Waals surface area contributed by atoms with Crippen molar-refractivity contribution in [3.8, 4) is 5.75 Å². The standard InChI is InChI=1S/C13H15F3O3/c1-2-17-10-5-3-9(4-6-10)12(13(14,15)16)19-8-11-7-18-11/h3-6,11-12H,2,7-8H2,1H3/t11-,12-/m1/s1. The Morgan fingerprint density at radius 1 is 1.32 bits per heavy atom. The van der Waals surface area contributed by atoms with Gasteiger partial charge in [0.25, 0.3) is 0 Å². The van der Waals surface area contributed by atoms with Crippen molar-refractivity contribution in [1.29, 1.82) is 0 Å². The molecule has 19 heavy (non-hydrogen) atoms. The van der Waals surface area contributed by atoms with Crippen LogP contribution in [0.4, 0.5) is 13.2 Å². The van der Waals surface area contributed by atoms with Crippen LogP contribution in [0.15, 0.2) is 24.3 Å². The maximum absolute atomic E-state index is 12.9. The molecule has 1 aliphatic rings. The minimum Gasteiger partial charge on any atom is -0.494 e. The number of epoxide rings is 1. The first-order chi connectivity index (χ1) is 9.00. The summed E-state index contributed by atoms with van der Waals surface area (Å²) in [4.78, 5) is 0. The van der Waals surface area contributed by atoms with Crippen LogP contribution in [0.3, 0.4) is 0 Å². The van der Waals surface area contributed by atoms with Gasteiger partial charge < -0.3 is 14.2 Å². The van der Waals surface area contributed by atoms with E-state index < -0.39 is 12.3 Å². The number of hydrogen-bond donors (Lipinski definition) is 0. The van der Waals surface area contributed by atoms with Gasteiger partial charge in [-0.15, -0.1) is 0 Å². The van der Waals surface area contributed by atoms with Gasteiger partial charge in [0, 0.05) is 0 Å². The van der Waals surface area contributed by atoms with E-state index in [4.69, 9.17) is 14.2 Å². The van der Waals surface area contributed by atoms with Crippen LogP contribution in [0.1, 0.15) is 18.6 Å². The molecule has 1 heterocycles. The first-order valence-electron chi connectivity index (χ1n) is 6.03. The Hall–Kier alpha value is -1.27. The third-order valence-corrected chi connectivity index (χ3v) is 2.64. The van der Waals surface area contributed by atoms with Crippen LogP contribution in [-0.4, -0.2) is 32.1 Å². The molecule has 0 aromatic heterocycles. The molecule has 0 unspecified atom stereocenters. The number of hydrogen-bond acceptors (Lipinski definition) is 3. The summed E-state index contributed by atoms with van der Waals surface area (Å²) >= 11 is 0. The second-order valence-electron chi connectivity index (χ2n) is 4.21. The molecule has 6 heteroatoms. The monoisotopic (exact) mass is 276 g/mol. The van der Waals surface area contributed by atoms with Crippen LogP contribution >= 0.6 is 0 Å². The van der Waals surface area contributed by atoms with Gasteiger partial charge in [0.1, 0.15) is 11.9 Å². The molecule has 3 nitrogen and oxygen atoms in total. The molecule has 1 fully saturated rings. The highest BCUT2D eigenvalue weighted by atomic mass is 19.4. The fourth-order valence-corrected chi connectivity index (χ4v) is 1.65. The fourth-order valence-electron chi connectivity index (χ4n) is 1.65. The van der Waals surface area contributed by atoms with E-state index in [1.165, 1.54) is 24.3 Å². The van der Waals surface area contributed by atoms with Crippen molar-refractivity contribution < 1.29 is 27.4 Å².